The van der Waals surface area contributed by atoms with E-state index in [0.717, 1.165) is 0 Å². The zero-order chi connectivity index (χ0) is 16.8. The standard InChI is InChI=1S/C14H16N2O7/c1-21-7-6-15-9-12(8-13(15)17)23-14(18)22-11-4-2-10(3-5-11)16(19)20/h2-5,12H,6-9H2,1H3/t12-/m1/s1. The van der Waals surface area contributed by atoms with Crippen molar-refractivity contribution in [3.8, 4) is 5.75 Å². The SMILES string of the molecule is COCCN1C[C@H](OC(=O)Oc2ccc([N+](=O)[O-])cc2)CC1=O. The lowest BCUT2D eigenvalue weighted by Crippen LogP contribution is -2.30. The minimum absolute atomic E-state index is 0.0963. The number of carbonyl (C=O) groups excluding carboxylic acids is 2. The highest BCUT2D eigenvalue weighted by atomic mass is 16.7. The zero-order valence-electron chi connectivity index (χ0n) is 12.5. The Balaban J connectivity index is 1.83. The molecule has 0 radical (unpaired) electrons. The smallest absolute Gasteiger partial charge is 0.428 e. The lowest BCUT2D eigenvalue weighted by atomic mass is 10.3. The average Bonchev–Trinajstić information content (AvgIpc) is 2.85. The van der Waals surface area contributed by atoms with Crippen molar-refractivity contribution < 1.29 is 28.7 Å². The quantitative estimate of drug-likeness (QED) is 0.336. The summed E-state index contributed by atoms with van der Waals surface area (Å²) >= 11 is 0. The molecule has 124 valence electrons. The van der Waals surface area contributed by atoms with Crippen molar-refractivity contribution in [1.29, 1.82) is 0 Å². The van der Waals surface area contributed by atoms with Crippen LogP contribution >= 0.6 is 0 Å². The molecule has 1 heterocycles. The Morgan fingerprint density at radius 1 is 1.39 bits per heavy atom. The minimum atomic E-state index is -0.953. The van der Waals surface area contributed by atoms with Gasteiger partial charge in [-0.2, -0.15) is 0 Å². The fourth-order valence-corrected chi connectivity index (χ4v) is 2.12. The van der Waals surface area contributed by atoms with Crippen LogP contribution in [0.3, 0.4) is 0 Å². The fraction of sp³-hybridized carbons (Fsp3) is 0.429. The van der Waals surface area contributed by atoms with Gasteiger partial charge in [-0.25, -0.2) is 4.79 Å². The lowest BCUT2D eigenvalue weighted by Gasteiger charge is -2.15. The largest absolute Gasteiger partial charge is 0.514 e. The van der Waals surface area contributed by atoms with E-state index in [9.17, 15) is 19.7 Å². The molecule has 0 aliphatic carbocycles. The number of carbonyl (C=O) groups is 2. The highest BCUT2D eigenvalue weighted by molar-refractivity contribution is 5.79. The third kappa shape index (κ3) is 4.65. The molecule has 0 saturated carbocycles. The van der Waals surface area contributed by atoms with Crippen molar-refractivity contribution in [3.05, 3.63) is 34.4 Å². The first-order chi connectivity index (χ1) is 11.0. The van der Waals surface area contributed by atoms with Gasteiger partial charge in [0.05, 0.1) is 24.5 Å². The van der Waals surface area contributed by atoms with Crippen molar-refractivity contribution in [2.24, 2.45) is 0 Å². The number of amides is 1. The molecule has 0 N–H and O–H groups in total. The van der Waals surface area contributed by atoms with Crippen molar-refractivity contribution in [1.82, 2.24) is 4.90 Å². The predicted molar refractivity (Wildman–Crippen MR) is 77.1 cm³/mol. The zero-order valence-corrected chi connectivity index (χ0v) is 12.5. The van der Waals surface area contributed by atoms with Gasteiger partial charge in [0.1, 0.15) is 11.9 Å². The molecular weight excluding hydrogens is 308 g/mol. The van der Waals surface area contributed by atoms with Crippen LogP contribution in [0.5, 0.6) is 5.75 Å². The lowest BCUT2D eigenvalue weighted by molar-refractivity contribution is -0.384. The summed E-state index contributed by atoms with van der Waals surface area (Å²) in [6.45, 7) is 1.13. The second kappa shape index (κ2) is 7.54. The first-order valence-electron chi connectivity index (χ1n) is 6.89. The number of rotatable bonds is 6. The summed E-state index contributed by atoms with van der Waals surface area (Å²) in [5, 5.41) is 10.5. The second-order valence-corrected chi connectivity index (χ2v) is 4.88. The number of nitrogens with zero attached hydrogens (tertiary/aromatic N) is 2. The van der Waals surface area contributed by atoms with Crippen molar-refractivity contribution in [2.75, 3.05) is 26.8 Å². The third-order valence-electron chi connectivity index (χ3n) is 3.26. The first-order valence-corrected chi connectivity index (χ1v) is 6.89. The molecule has 9 nitrogen and oxygen atoms in total. The molecule has 1 saturated heterocycles. The Morgan fingerprint density at radius 3 is 2.70 bits per heavy atom. The second-order valence-electron chi connectivity index (χ2n) is 4.88. The summed E-state index contributed by atoms with van der Waals surface area (Å²) in [4.78, 5) is 34.9. The number of nitro benzene ring substituents is 1. The topological polar surface area (TPSA) is 108 Å². The Kier molecular flexibility index (Phi) is 5.47. The van der Waals surface area contributed by atoms with Gasteiger partial charge in [-0.3, -0.25) is 14.9 Å². The molecule has 1 fully saturated rings. The van der Waals surface area contributed by atoms with Gasteiger partial charge in [-0.1, -0.05) is 0 Å². The number of likely N-dealkylation sites (tertiary alicyclic amines) is 1. The Labute approximate surface area is 131 Å². The van der Waals surface area contributed by atoms with E-state index in [2.05, 4.69) is 0 Å². The van der Waals surface area contributed by atoms with Gasteiger partial charge in [0.25, 0.3) is 5.69 Å². The van der Waals surface area contributed by atoms with E-state index >= 15 is 0 Å². The molecule has 0 spiro atoms. The van der Waals surface area contributed by atoms with Crippen LogP contribution in [0.25, 0.3) is 0 Å². The molecule has 2 rings (SSSR count). The molecule has 1 aliphatic heterocycles. The van der Waals surface area contributed by atoms with Gasteiger partial charge in [0, 0.05) is 25.8 Å². The molecule has 1 atom stereocenters. The molecular formula is C14H16N2O7. The highest BCUT2D eigenvalue weighted by Crippen LogP contribution is 2.19. The molecule has 9 heteroatoms. The van der Waals surface area contributed by atoms with Gasteiger partial charge in [-0.05, 0) is 12.1 Å². The minimum Gasteiger partial charge on any atom is -0.428 e. The van der Waals surface area contributed by atoms with Crippen LogP contribution in [0.15, 0.2) is 24.3 Å². The highest BCUT2D eigenvalue weighted by Gasteiger charge is 2.32. The van der Waals surface area contributed by atoms with Gasteiger partial charge >= 0.3 is 6.16 Å². The molecule has 0 unspecified atom stereocenters. The van der Waals surface area contributed by atoms with E-state index < -0.39 is 17.2 Å². The number of non-ortho nitro benzene ring substituents is 1. The van der Waals surface area contributed by atoms with Crippen molar-refractivity contribution in [2.45, 2.75) is 12.5 Å². The van der Waals surface area contributed by atoms with E-state index in [4.69, 9.17) is 14.2 Å². The molecule has 1 aromatic carbocycles. The maximum atomic E-state index is 11.7. The number of ether oxygens (including phenoxy) is 3. The number of hydrogen-bond donors (Lipinski definition) is 0. The van der Waals surface area contributed by atoms with E-state index in [0.29, 0.717) is 13.2 Å². The van der Waals surface area contributed by atoms with Crippen molar-refractivity contribution >= 4 is 17.7 Å². The maximum Gasteiger partial charge on any atom is 0.514 e. The van der Waals surface area contributed by atoms with Gasteiger partial charge in [-0.15, -0.1) is 0 Å². The molecule has 1 aliphatic rings. The van der Waals surface area contributed by atoms with Crippen LogP contribution in [-0.2, 0) is 14.3 Å². The molecule has 23 heavy (non-hydrogen) atoms. The number of benzene rings is 1. The van der Waals surface area contributed by atoms with Crippen LogP contribution in [0.4, 0.5) is 10.5 Å². The first kappa shape index (κ1) is 16.7. The fourth-order valence-electron chi connectivity index (χ4n) is 2.12. The Morgan fingerprint density at radius 2 is 2.09 bits per heavy atom. The summed E-state index contributed by atoms with van der Waals surface area (Å²) in [7, 11) is 1.54. The Bertz CT molecular complexity index is 587. The summed E-state index contributed by atoms with van der Waals surface area (Å²) in [5.41, 5.74) is -0.110. The van der Waals surface area contributed by atoms with E-state index in [1.165, 1.54) is 31.4 Å². The summed E-state index contributed by atoms with van der Waals surface area (Å²) in [6, 6.07) is 5.02. The van der Waals surface area contributed by atoms with Gasteiger partial charge < -0.3 is 19.1 Å². The summed E-state index contributed by atoms with van der Waals surface area (Å²) in [6.07, 6.45) is -1.44. The van der Waals surface area contributed by atoms with Gasteiger partial charge in [0.15, 0.2) is 0 Å². The monoisotopic (exact) mass is 324 g/mol. The number of methoxy groups -OCH3 is 1. The van der Waals surface area contributed by atoms with E-state index in [-0.39, 0.29) is 30.3 Å². The van der Waals surface area contributed by atoms with Crippen LogP contribution in [0.2, 0.25) is 0 Å². The van der Waals surface area contributed by atoms with E-state index in [1.807, 2.05) is 0 Å². The van der Waals surface area contributed by atoms with Crippen LogP contribution in [0.1, 0.15) is 6.42 Å². The third-order valence-corrected chi connectivity index (χ3v) is 3.26. The molecule has 1 amide bonds. The van der Waals surface area contributed by atoms with Crippen molar-refractivity contribution in [3.63, 3.8) is 0 Å². The van der Waals surface area contributed by atoms with Crippen LogP contribution in [0, 0.1) is 10.1 Å². The van der Waals surface area contributed by atoms with E-state index in [1.54, 1.807) is 4.90 Å². The molecule has 0 aromatic heterocycles. The Hall–Kier alpha value is -2.68. The number of nitro groups is 1. The summed E-state index contributed by atoms with van der Waals surface area (Å²) in [5.74, 6) is 0.0105. The molecule has 0 bridgehead atoms. The molecule has 1 aromatic rings. The van der Waals surface area contributed by atoms with Crippen LogP contribution < -0.4 is 4.74 Å². The number of hydrogen-bond acceptors (Lipinski definition) is 7. The maximum absolute atomic E-state index is 11.7. The predicted octanol–water partition coefficient (Wildman–Crippen LogP) is 1.36. The van der Waals surface area contributed by atoms with Gasteiger partial charge in [0.2, 0.25) is 5.91 Å². The summed E-state index contributed by atoms with van der Waals surface area (Å²) < 4.78 is 14.9. The average molecular weight is 324 g/mol. The van der Waals surface area contributed by atoms with Crippen LogP contribution in [-0.4, -0.2) is 54.8 Å². The normalized spacial score (nSPS) is 17.2.